The van der Waals surface area contributed by atoms with Gasteiger partial charge in [0.25, 0.3) is 5.91 Å². The van der Waals surface area contributed by atoms with Gasteiger partial charge < -0.3 is 5.32 Å². The molecule has 0 spiro atoms. The van der Waals surface area contributed by atoms with Crippen molar-refractivity contribution >= 4 is 23.2 Å². The second-order valence-electron chi connectivity index (χ2n) is 3.96. The van der Waals surface area contributed by atoms with Crippen LogP contribution >= 0.6 is 11.6 Å². The van der Waals surface area contributed by atoms with Gasteiger partial charge in [-0.1, -0.05) is 23.7 Å². The number of benzene rings is 1. The Morgan fingerprint density at radius 2 is 1.81 bits per heavy atom. The fraction of sp³-hybridized carbons (Fsp3) is 0.0769. The van der Waals surface area contributed by atoms with Crippen molar-refractivity contribution in [3.63, 3.8) is 0 Å². The van der Waals surface area contributed by atoms with E-state index in [0.717, 1.165) is 18.2 Å². The largest absolute Gasteiger partial charge is 0.418 e. The van der Waals surface area contributed by atoms with Crippen molar-refractivity contribution in [3.05, 3.63) is 58.6 Å². The summed E-state index contributed by atoms with van der Waals surface area (Å²) in [6.45, 7) is 0. The molecular weight excluding hydrogens is 312 g/mol. The second kappa shape index (κ2) is 5.69. The minimum atomic E-state index is -4.69. The monoisotopic (exact) mass is 318 g/mol. The van der Waals surface area contributed by atoms with Gasteiger partial charge in [-0.15, -0.1) is 0 Å². The summed E-state index contributed by atoms with van der Waals surface area (Å²) in [4.78, 5) is 15.1. The molecule has 8 heteroatoms. The molecule has 0 radical (unpaired) electrons. The van der Waals surface area contributed by atoms with Crippen molar-refractivity contribution in [2.75, 3.05) is 5.32 Å². The molecule has 0 aliphatic rings. The van der Waals surface area contributed by atoms with Crippen molar-refractivity contribution in [3.8, 4) is 0 Å². The van der Waals surface area contributed by atoms with Gasteiger partial charge in [0.15, 0.2) is 0 Å². The van der Waals surface area contributed by atoms with E-state index in [0.29, 0.717) is 0 Å². The Hall–Kier alpha value is -2.15. The minimum Gasteiger partial charge on any atom is -0.319 e. The molecule has 0 unspecified atom stereocenters. The molecule has 0 bridgehead atoms. The smallest absolute Gasteiger partial charge is 0.319 e. The summed E-state index contributed by atoms with van der Waals surface area (Å²) in [5, 5.41) is 1.73. The number of para-hydroxylation sites is 1. The van der Waals surface area contributed by atoms with Gasteiger partial charge in [-0.3, -0.25) is 4.79 Å². The summed E-state index contributed by atoms with van der Waals surface area (Å²) in [5.41, 5.74) is -2.05. The van der Waals surface area contributed by atoms with E-state index >= 15 is 0 Å². The number of rotatable bonds is 2. The van der Waals surface area contributed by atoms with Gasteiger partial charge in [-0.2, -0.15) is 17.6 Å². The minimum absolute atomic E-state index is 0.283. The van der Waals surface area contributed by atoms with Crippen molar-refractivity contribution < 1.29 is 22.4 Å². The van der Waals surface area contributed by atoms with E-state index in [1.54, 1.807) is 0 Å². The summed E-state index contributed by atoms with van der Waals surface area (Å²) >= 11 is 5.69. The van der Waals surface area contributed by atoms with Crippen LogP contribution in [0.25, 0.3) is 0 Å². The van der Waals surface area contributed by atoms with E-state index < -0.39 is 29.3 Å². The number of pyridine rings is 1. The van der Waals surface area contributed by atoms with Gasteiger partial charge >= 0.3 is 6.18 Å². The first-order valence-electron chi connectivity index (χ1n) is 5.58. The van der Waals surface area contributed by atoms with Gasteiger partial charge in [-0.05, 0) is 24.3 Å². The van der Waals surface area contributed by atoms with Crippen LogP contribution in [0.1, 0.15) is 16.1 Å². The van der Waals surface area contributed by atoms with Crippen LogP contribution in [0.4, 0.5) is 23.2 Å². The fourth-order valence-electron chi connectivity index (χ4n) is 1.60. The number of carbonyl (C=O) groups is 1. The average molecular weight is 319 g/mol. The molecule has 2 rings (SSSR count). The maximum atomic E-state index is 12.9. The Balaban J connectivity index is 2.38. The Bertz CT molecular complexity index is 688. The number of halogens is 5. The maximum absolute atomic E-state index is 12.9. The normalized spacial score (nSPS) is 11.3. The highest BCUT2D eigenvalue weighted by molar-refractivity contribution is 6.34. The lowest BCUT2D eigenvalue weighted by atomic mass is 10.1. The molecule has 110 valence electrons. The number of hydrogen-bond acceptors (Lipinski definition) is 2. The van der Waals surface area contributed by atoms with Crippen LogP contribution in [0.5, 0.6) is 0 Å². The standard InChI is InChI=1S/C13H7ClF4N2O/c14-8-4-1-3-7(13(16,17)18)11(8)20-12(21)9-5-2-6-10(15)19-9/h1-6H,(H,20,21). The molecule has 1 N–H and O–H groups in total. The second-order valence-corrected chi connectivity index (χ2v) is 4.37. The fourth-order valence-corrected chi connectivity index (χ4v) is 1.82. The Kier molecular flexibility index (Phi) is 4.13. The summed E-state index contributed by atoms with van der Waals surface area (Å²) in [6, 6.07) is 6.48. The van der Waals surface area contributed by atoms with Crippen molar-refractivity contribution in [2.24, 2.45) is 0 Å². The lowest BCUT2D eigenvalue weighted by Gasteiger charge is -2.14. The van der Waals surface area contributed by atoms with Gasteiger partial charge in [0.2, 0.25) is 5.95 Å². The van der Waals surface area contributed by atoms with Crippen molar-refractivity contribution in [1.29, 1.82) is 0 Å². The molecule has 1 aromatic heterocycles. The predicted molar refractivity (Wildman–Crippen MR) is 68.6 cm³/mol. The van der Waals surface area contributed by atoms with E-state index in [4.69, 9.17) is 11.6 Å². The zero-order chi connectivity index (χ0) is 15.6. The van der Waals surface area contributed by atoms with Crippen LogP contribution < -0.4 is 5.32 Å². The molecule has 0 aliphatic heterocycles. The molecule has 0 fully saturated rings. The molecule has 21 heavy (non-hydrogen) atoms. The third-order valence-electron chi connectivity index (χ3n) is 2.51. The Labute approximate surface area is 121 Å². The average Bonchev–Trinajstić information content (AvgIpc) is 2.39. The topological polar surface area (TPSA) is 42.0 Å². The van der Waals surface area contributed by atoms with E-state index in [1.165, 1.54) is 18.2 Å². The first-order valence-corrected chi connectivity index (χ1v) is 5.96. The van der Waals surface area contributed by atoms with Crippen molar-refractivity contribution in [2.45, 2.75) is 6.18 Å². The summed E-state index contributed by atoms with van der Waals surface area (Å²) in [7, 11) is 0. The van der Waals surface area contributed by atoms with Crippen LogP contribution in [-0.2, 0) is 6.18 Å². The molecule has 1 heterocycles. The molecule has 0 aliphatic carbocycles. The number of hydrogen-bond donors (Lipinski definition) is 1. The molecule has 1 amide bonds. The van der Waals surface area contributed by atoms with Crippen LogP contribution in [0.15, 0.2) is 36.4 Å². The summed E-state index contributed by atoms with van der Waals surface area (Å²) in [5.74, 6) is -1.91. The zero-order valence-corrected chi connectivity index (χ0v) is 11.0. The predicted octanol–water partition coefficient (Wildman–Crippen LogP) is 4.15. The first kappa shape index (κ1) is 15.2. The van der Waals surface area contributed by atoms with Gasteiger partial charge in [-0.25, -0.2) is 4.98 Å². The number of amides is 1. The van der Waals surface area contributed by atoms with E-state index in [1.807, 2.05) is 5.32 Å². The molecule has 0 atom stereocenters. The summed E-state index contributed by atoms with van der Waals surface area (Å²) < 4.78 is 51.5. The molecular formula is C13H7ClF4N2O. The molecule has 2 aromatic rings. The lowest BCUT2D eigenvalue weighted by molar-refractivity contribution is -0.136. The number of aromatic nitrogens is 1. The highest BCUT2D eigenvalue weighted by Gasteiger charge is 2.35. The van der Waals surface area contributed by atoms with E-state index in [9.17, 15) is 22.4 Å². The highest BCUT2D eigenvalue weighted by atomic mass is 35.5. The Morgan fingerprint density at radius 3 is 2.43 bits per heavy atom. The highest BCUT2D eigenvalue weighted by Crippen LogP contribution is 2.38. The third kappa shape index (κ3) is 3.49. The lowest BCUT2D eigenvalue weighted by Crippen LogP contribution is -2.18. The molecule has 3 nitrogen and oxygen atoms in total. The number of nitrogens with one attached hydrogen (secondary N) is 1. The molecule has 1 aromatic carbocycles. The quantitative estimate of drug-likeness (QED) is 0.668. The number of carbonyl (C=O) groups excluding carboxylic acids is 1. The number of nitrogens with zero attached hydrogens (tertiary/aromatic N) is 1. The van der Waals surface area contributed by atoms with Crippen molar-refractivity contribution in [1.82, 2.24) is 4.98 Å². The van der Waals surface area contributed by atoms with Gasteiger partial charge in [0, 0.05) is 0 Å². The SMILES string of the molecule is O=C(Nc1c(Cl)cccc1C(F)(F)F)c1cccc(F)n1. The van der Waals surface area contributed by atoms with E-state index in [2.05, 4.69) is 4.98 Å². The maximum Gasteiger partial charge on any atom is 0.418 e. The number of alkyl halides is 3. The Morgan fingerprint density at radius 1 is 1.14 bits per heavy atom. The summed E-state index contributed by atoms with van der Waals surface area (Å²) in [6.07, 6.45) is -4.69. The van der Waals surface area contributed by atoms with Crippen LogP contribution in [0.2, 0.25) is 5.02 Å². The molecule has 0 saturated heterocycles. The van der Waals surface area contributed by atoms with Crippen LogP contribution in [-0.4, -0.2) is 10.9 Å². The van der Waals surface area contributed by atoms with Gasteiger partial charge in [0.1, 0.15) is 5.69 Å². The third-order valence-corrected chi connectivity index (χ3v) is 2.82. The van der Waals surface area contributed by atoms with E-state index in [-0.39, 0.29) is 10.7 Å². The zero-order valence-electron chi connectivity index (χ0n) is 10.2. The van der Waals surface area contributed by atoms with Gasteiger partial charge in [0.05, 0.1) is 16.3 Å². The molecule has 0 saturated carbocycles. The van der Waals surface area contributed by atoms with Crippen LogP contribution in [0, 0.1) is 5.95 Å². The van der Waals surface area contributed by atoms with Crippen LogP contribution in [0.3, 0.4) is 0 Å². The number of anilines is 1. The first-order chi connectivity index (χ1) is 9.79.